The molecule has 1 atom stereocenters. The second-order valence-electron chi connectivity index (χ2n) is 7.28. The Bertz CT molecular complexity index is 925. The van der Waals surface area contributed by atoms with Crippen LogP contribution in [-0.4, -0.2) is 23.4 Å². The Morgan fingerprint density at radius 1 is 1.15 bits per heavy atom. The molecule has 3 aromatic rings. The van der Waals surface area contributed by atoms with Crippen LogP contribution in [0.1, 0.15) is 48.5 Å². The highest BCUT2D eigenvalue weighted by atomic mass is 32.1. The number of carbonyl (C=O) groups is 1. The highest BCUT2D eigenvalue weighted by molar-refractivity contribution is 7.17. The van der Waals surface area contributed by atoms with Crippen LogP contribution < -0.4 is 0 Å². The molecule has 0 aliphatic carbocycles. The summed E-state index contributed by atoms with van der Waals surface area (Å²) in [6, 6.07) is 15.3. The number of thiophene rings is 1. The molecule has 1 aromatic heterocycles. The molecular formula is C23H25NOS. The summed E-state index contributed by atoms with van der Waals surface area (Å²) in [6.07, 6.45) is 4.53. The molecule has 26 heavy (non-hydrogen) atoms. The number of hydrogen-bond acceptors (Lipinski definition) is 2. The van der Waals surface area contributed by atoms with E-state index in [0.717, 1.165) is 36.9 Å². The standard InChI is InChI=1S/C23H25NOS/c1-3-19-6-4-5-12-24(19)23(25)18-14-21(17-9-7-16(2)8-10-17)20-11-13-26-22(20)15-18/h7-11,13-15,19H,3-6,12H2,1-2H3. The summed E-state index contributed by atoms with van der Waals surface area (Å²) in [5.74, 6) is 0.195. The number of likely N-dealkylation sites (tertiary alicyclic amines) is 1. The fourth-order valence-electron chi connectivity index (χ4n) is 4.03. The Morgan fingerprint density at radius 2 is 1.96 bits per heavy atom. The SMILES string of the molecule is CCC1CCCCN1C(=O)c1cc(-c2ccc(C)cc2)c2ccsc2c1. The molecule has 3 heteroatoms. The molecule has 1 aliphatic heterocycles. The van der Waals surface area contributed by atoms with E-state index in [1.807, 2.05) is 0 Å². The summed E-state index contributed by atoms with van der Waals surface area (Å²) < 4.78 is 1.19. The Labute approximate surface area is 159 Å². The van der Waals surface area contributed by atoms with Crippen molar-refractivity contribution in [2.75, 3.05) is 6.54 Å². The van der Waals surface area contributed by atoms with Crippen LogP contribution in [0.2, 0.25) is 0 Å². The summed E-state index contributed by atoms with van der Waals surface area (Å²) >= 11 is 1.71. The summed E-state index contributed by atoms with van der Waals surface area (Å²) in [5.41, 5.74) is 4.43. The topological polar surface area (TPSA) is 20.3 Å². The summed E-state index contributed by atoms with van der Waals surface area (Å²) in [6.45, 7) is 5.18. The number of hydrogen-bond donors (Lipinski definition) is 0. The first kappa shape index (κ1) is 17.3. The molecule has 1 amide bonds. The number of aryl methyl sites for hydroxylation is 1. The quantitative estimate of drug-likeness (QED) is 0.536. The van der Waals surface area contributed by atoms with E-state index in [2.05, 4.69) is 66.6 Å². The van der Waals surface area contributed by atoms with Gasteiger partial charge in [-0.3, -0.25) is 4.79 Å². The van der Waals surface area contributed by atoms with Crippen LogP contribution in [-0.2, 0) is 0 Å². The largest absolute Gasteiger partial charge is 0.336 e. The lowest BCUT2D eigenvalue weighted by molar-refractivity contribution is 0.0608. The number of carbonyl (C=O) groups excluding carboxylic acids is 1. The van der Waals surface area contributed by atoms with Gasteiger partial charge in [-0.15, -0.1) is 11.3 Å². The molecule has 0 radical (unpaired) electrons. The lowest BCUT2D eigenvalue weighted by Crippen LogP contribution is -2.43. The molecule has 134 valence electrons. The first-order chi connectivity index (χ1) is 12.7. The van der Waals surface area contributed by atoms with E-state index in [9.17, 15) is 4.79 Å². The first-order valence-corrected chi connectivity index (χ1v) is 10.4. The minimum absolute atomic E-state index is 0.195. The predicted octanol–water partition coefficient (Wildman–Crippen LogP) is 6.28. The second kappa shape index (κ2) is 7.24. The number of fused-ring (bicyclic) bond motifs is 1. The van der Waals surface area contributed by atoms with Gasteiger partial charge in [0.15, 0.2) is 0 Å². The van der Waals surface area contributed by atoms with Gasteiger partial charge in [-0.2, -0.15) is 0 Å². The fourth-order valence-corrected chi connectivity index (χ4v) is 4.88. The van der Waals surface area contributed by atoms with Gasteiger partial charge in [0.2, 0.25) is 0 Å². The lowest BCUT2D eigenvalue weighted by atomic mass is 9.96. The molecule has 0 saturated carbocycles. The van der Waals surface area contributed by atoms with Crippen molar-refractivity contribution in [2.24, 2.45) is 0 Å². The van der Waals surface area contributed by atoms with Crippen LogP contribution in [0, 0.1) is 6.92 Å². The average Bonchev–Trinajstić information content (AvgIpc) is 3.16. The van der Waals surface area contributed by atoms with E-state index in [-0.39, 0.29) is 5.91 Å². The molecule has 1 aliphatic rings. The van der Waals surface area contributed by atoms with Crippen molar-refractivity contribution in [3.05, 3.63) is 59.0 Å². The van der Waals surface area contributed by atoms with Crippen molar-refractivity contribution < 1.29 is 4.79 Å². The maximum atomic E-state index is 13.3. The zero-order valence-electron chi connectivity index (χ0n) is 15.5. The second-order valence-corrected chi connectivity index (χ2v) is 8.23. The van der Waals surface area contributed by atoms with Crippen LogP contribution in [0.15, 0.2) is 47.8 Å². The number of piperidine rings is 1. The zero-order valence-corrected chi connectivity index (χ0v) is 16.3. The Balaban J connectivity index is 1.78. The van der Waals surface area contributed by atoms with Gasteiger partial charge in [-0.05, 0) is 67.3 Å². The molecule has 1 fully saturated rings. The van der Waals surface area contributed by atoms with Gasteiger partial charge in [0.1, 0.15) is 0 Å². The predicted molar refractivity (Wildman–Crippen MR) is 111 cm³/mol. The van der Waals surface area contributed by atoms with Crippen LogP contribution in [0.5, 0.6) is 0 Å². The van der Waals surface area contributed by atoms with Gasteiger partial charge in [0, 0.05) is 28.2 Å². The fraction of sp³-hybridized carbons (Fsp3) is 0.348. The zero-order chi connectivity index (χ0) is 18.1. The van der Waals surface area contributed by atoms with Gasteiger partial charge >= 0.3 is 0 Å². The molecule has 4 rings (SSSR count). The molecule has 2 heterocycles. The van der Waals surface area contributed by atoms with E-state index in [1.165, 1.54) is 27.6 Å². The Kier molecular flexibility index (Phi) is 4.82. The maximum absolute atomic E-state index is 13.3. The number of amides is 1. The van der Waals surface area contributed by atoms with Crippen LogP contribution >= 0.6 is 11.3 Å². The van der Waals surface area contributed by atoms with E-state index in [1.54, 1.807) is 11.3 Å². The van der Waals surface area contributed by atoms with E-state index in [4.69, 9.17) is 0 Å². The Hall–Kier alpha value is -2.13. The van der Waals surface area contributed by atoms with Crippen molar-refractivity contribution in [2.45, 2.75) is 45.6 Å². The van der Waals surface area contributed by atoms with Crippen molar-refractivity contribution in [3.63, 3.8) is 0 Å². The van der Waals surface area contributed by atoms with Gasteiger partial charge in [-0.25, -0.2) is 0 Å². The molecule has 1 unspecified atom stereocenters. The normalized spacial score (nSPS) is 17.6. The molecule has 0 bridgehead atoms. The minimum Gasteiger partial charge on any atom is -0.336 e. The van der Waals surface area contributed by atoms with Crippen LogP contribution in [0.3, 0.4) is 0 Å². The minimum atomic E-state index is 0.195. The van der Waals surface area contributed by atoms with Crippen molar-refractivity contribution in [1.29, 1.82) is 0 Å². The molecule has 0 N–H and O–H groups in total. The monoisotopic (exact) mass is 363 g/mol. The third-order valence-electron chi connectivity index (χ3n) is 5.54. The highest BCUT2D eigenvalue weighted by Gasteiger charge is 2.26. The molecule has 1 saturated heterocycles. The van der Waals surface area contributed by atoms with E-state index >= 15 is 0 Å². The van der Waals surface area contributed by atoms with E-state index < -0.39 is 0 Å². The third kappa shape index (κ3) is 3.16. The average molecular weight is 364 g/mol. The van der Waals surface area contributed by atoms with Crippen LogP contribution in [0.4, 0.5) is 0 Å². The van der Waals surface area contributed by atoms with Crippen molar-refractivity contribution in [1.82, 2.24) is 4.90 Å². The van der Waals surface area contributed by atoms with Gasteiger partial charge < -0.3 is 4.90 Å². The third-order valence-corrected chi connectivity index (χ3v) is 6.40. The number of benzene rings is 2. The van der Waals surface area contributed by atoms with Gasteiger partial charge in [-0.1, -0.05) is 36.8 Å². The number of rotatable bonds is 3. The molecule has 0 spiro atoms. The van der Waals surface area contributed by atoms with Crippen molar-refractivity contribution >= 4 is 27.3 Å². The first-order valence-electron chi connectivity index (χ1n) is 9.56. The van der Waals surface area contributed by atoms with E-state index in [0.29, 0.717) is 6.04 Å². The van der Waals surface area contributed by atoms with Crippen LogP contribution in [0.25, 0.3) is 21.2 Å². The molecule has 2 nitrogen and oxygen atoms in total. The van der Waals surface area contributed by atoms with Gasteiger partial charge in [0.25, 0.3) is 5.91 Å². The Morgan fingerprint density at radius 3 is 2.73 bits per heavy atom. The summed E-state index contributed by atoms with van der Waals surface area (Å²) in [4.78, 5) is 15.4. The number of nitrogens with zero attached hydrogens (tertiary/aromatic N) is 1. The molecular weight excluding hydrogens is 338 g/mol. The van der Waals surface area contributed by atoms with Crippen molar-refractivity contribution in [3.8, 4) is 11.1 Å². The maximum Gasteiger partial charge on any atom is 0.254 e. The highest BCUT2D eigenvalue weighted by Crippen LogP contribution is 2.34. The summed E-state index contributed by atoms with van der Waals surface area (Å²) in [7, 11) is 0. The smallest absolute Gasteiger partial charge is 0.254 e. The lowest BCUT2D eigenvalue weighted by Gasteiger charge is -2.35. The van der Waals surface area contributed by atoms with Gasteiger partial charge in [0.05, 0.1) is 0 Å². The summed E-state index contributed by atoms with van der Waals surface area (Å²) in [5, 5.41) is 3.35. The molecule has 2 aromatic carbocycles.